The first kappa shape index (κ1) is 24.3. The van der Waals surface area contributed by atoms with E-state index < -0.39 is 0 Å². The smallest absolute Gasteiger partial charge is 0.161 e. The lowest BCUT2D eigenvalue weighted by atomic mass is 10.0. The molecule has 0 radical (unpaired) electrons. The fourth-order valence-electron chi connectivity index (χ4n) is 4.19. The second-order valence-electron chi connectivity index (χ2n) is 8.78. The van der Waals surface area contributed by atoms with Gasteiger partial charge in [-0.1, -0.05) is 42.0 Å². The summed E-state index contributed by atoms with van der Waals surface area (Å²) in [5.74, 6) is 1.23. The van der Waals surface area contributed by atoms with Gasteiger partial charge in [0.15, 0.2) is 5.78 Å². The summed E-state index contributed by atoms with van der Waals surface area (Å²) in [6.07, 6.45) is 12.8. The number of carbonyl (C=O) groups excluding carboxylic acids is 1. The quantitative estimate of drug-likeness (QED) is 0.416. The monoisotopic (exact) mass is 437 g/mol. The Hall–Kier alpha value is -2.37. The van der Waals surface area contributed by atoms with E-state index in [4.69, 9.17) is 4.74 Å². The lowest BCUT2D eigenvalue weighted by molar-refractivity contribution is -0.111. The molecule has 1 aliphatic heterocycles. The van der Waals surface area contributed by atoms with Crippen molar-refractivity contribution in [3.05, 3.63) is 65.6 Å². The number of ketones is 1. The SMILES string of the molecule is CC(=O)/C(=C/NCCCN1CCN(CCOC2=CC=CCCC2)CC1)c1cccc(C)c1. The normalized spacial score (nSPS) is 18.2. The Morgan fingerprint density at radius 1 is 1.16 bits per heavy atom. The fraction of sp³-hybridized carbons (Fsp3) is 0.519. The summed E-state index contributed by atoms with van der Waals surface area (Å²) in [5, 5.41) is 3.35. The van der Waals surface area contributed by atoms with Gasteiger partial charge in [0.05, 0.1) is 5.76 Å². The molecule has 0 atom stereocenters. The van der Waals surface area contributed by atoms with Crippen molar-refractivity contribution >= 4 is 11.4 Å². The molecule has 1 aromatic carbocycles. The maximum atomic E-state index is 12.0. The molecule has 1 heterocycles. The summed E-state index contributed by atoms with van der Waals surface area (Å²) in [4.78, 5) is 17.1. The number of benzene rings is 1. The second kappa shape index (κ2) is 13.2. The van der Waals surface area contributed by atoms with E-state index in [9.17, 15) is 4.79 Å². The lowest BCUT2D eigenvalue weighted by Gasteiger charge is -2.34. The van der Waals surface area contributed by atoms with Crippen LogP contribution in [0.3, 0.4) is 0 Å². The molecule has 32 heavy (non-hydrogen) atoms. The van der Waals surface area contributed by atoms with E-state index in [1.165, 1.54) is 12.0 Å². The van der Waals surface area contributed by atoms with E-state index >= 15 is 0 Å². The van der Waals surface area contributed by atoms with Gasteiger partial charge in [0, 0.05) is 57.5 Å². The van der Waals surface area contributed by atoms with E-state index in [2.05, 4.69) is 52.4 Å². The predicted octanol–water partition coefficient (Wildman–Crippen LogP) is 4.16. The molecule has 5 heteroatoms. The number of hydrogen-bond donors (Lipinski definition) is 1. The highest BCUT2D eigenvalue weighted by Gasteiger charge is 2.16. The molecule has 1 N–H and O–H groups in total. The van der Waals surface area contributed by atoms with Gasteiger partial charge >= 0.3 is 0 Å². The van der Waals surface area contributed by atoms with Crippen molar-refractivity contribution in [1.82, 2.24) is 15.1 Å². The van der Waals surface area contributed by atoms with Crippen LogP contribution in [-0.4, -0.2) is 68.0 Å². The van der Waals surface area contributed by atoms with Gasteiger partial charge in [0.1, 0.15) is 6.61 Å². The Bertz CT molecular complexity index is 820. The zero-order chi connectivity index (χ0) is 22.6. The number of nitrogens with zero attached hydrogens (tertiary/aromatic N) is 2. The van der Waals surface area contributed by atoms with Crippen molar-refractivity contribution in [3.8, 4) is 0 Å². The molecular formula is C27H39N3O2. The van der Waals surface area contributed by atoms with Crippen LogP contribution in [0.1, 0.15) is 43.7 Å². The van der Waals surface area contributed by atoms with Crippen molar-refractivity contribution in [2.45, 2.75) is 39.5 Å². The van der Waals surface area contributed by atoms with Gasteiger partial charge in [0.2, 0.25) is 0 Å². The van der Waals surface area contributed by atoms with Crippen molar-refractivity contribution in [2.24, 2.45) is 0 Å². The Morgan fingerprint density at radius 3 is 2.69 bits per heavy atom. The van der Waals surface area contributed by atoms with Gasteiger partial charge in [-0.25, -0.2) is 0 Å². The number of ether oxygens (including phenoxy) is 1. The van der Waals surface area contributed by atoms with E-state index in [0.717, 1.165) is 88.6 Å². The molecule has 1 aliphatic carbocycles. The molecule has 174 valence electrons. The summed E-state index contributed by atoms with van der Waals surface area (Å²) < 4.78 is 5.98. The molecule has 0 unspecified atom stereocenters. The van der Waals surface area contributed by atoms with Gasteiger partial charge in [-0.05, 0) is 51.3 Å². The average molecular weight is 438 g/mol. The number of hydrogen-bond acceptors (Lipinski definition) is 5. The van der Waals surface area contributed by atoms with Crippen molar-refractivity contribution in [2.75, 3.05) is 52.4 Å². The summed E-state index contributed by atoms with van der Waals surface area (Å²) in [7, 11) is 0. The first-order valence-electron chi connectivity index (χ1n) is 12.1. The average Bonchev–Trinajstić information content (AvgIpc) is 3.06. The minimum absolute atomic E-state index is 0.0926. The van der Waals surface area contributed by atoms with Gasteiger partial charge in [-0.15, -0.1) is 0 Å². The molecule has 0 aromatic heterocycles. The molecule has 0 spiro atoms. The summed E-state index contributed by atoms with van der Waals surface area (Å²) >= 11 is 0. The first-order chi connectivity index (χ1) is 15.6. The number of Topliss-reactive ketones (excluding diaryl/α,β-unsaturated/α-hetero) is 1. The predicted molar refractivity (Wildman–Crippen MR) is 132 cm³/mol. The number of nitrogens with one attached hydrogen (secondary N) is 1. The number of carbonyl (C=O) groups is 1. The fourth-order valence-corrected chi connectivity index (χ4v) is 4.19. The van der Waals surface area contributed by atoms with Crippen molar-refractivity contribution in [3.63, 3.8) is 0 Å². The standard InChI is InChI=1S/C27H39N3O2/c1-23-9-7-10-25(21-23)27(24(2)31)22-28-13-8-14-29-15-17-30(18-16-29)19-20-32-26-11-5-3-4-6-12-26/h3,5,7,9-11,21-22,28H,4,6,8,12-20H2,1-2H3/b27-22-. The maximum absolute atomic E-state index is 12.0. The third-order valence-corrected chi connectivity index (χ3v) is 6.12. The maximum Gasteiger partial charge on any atom is 0.161 e. The van der Waals surface area contributed by atoms with Gasteiger partial charge in [-0.3, -0.25) is 9.69 Å². The number of allylic oxidation sites excluding steroid dienone is 5. The Kier molecular flexibility index (Phi) is 10.0. The first-order valence-corrected chi connectivity index (χ1v) is 12.1. The van der Waals surface area contributed by atoms with E-state index in [-0.39, 0.29) is 5.78 Å². The van der Waals surface area contributed by atoms with Gasteiger partial charge < -0.3 is 15.0 Å². The Labute approximate surface area is 193 Å². The zero-order valence-corrected chi connectivity index (χ0v) is 19.8. The highest BCUT2D eigenvalue weighted by Crippen LogP contribution is 2.16. The summed E-state index contributed by atoms with van der Waals surface area (Å²) in [6.45, 7) is 11.9. The molecule has 5 nitrogen and oxygen atoms in total. The molecule has 2 aliphatic rings. The third-order valence-electron chi connectivity index (χ3n) is 6.12. The second-order valence-corrected chi connectivity index (χ2v) is 8.78. The molecule has 0 saturated carbocycles. The molecular weight excluding hydrogens is 398 g/mol. The molecule has 0 bridgehead atoms. The van der Waals surface area contributed by atoms with Crippen LogP contribution in [0, 0.1) is 6.92 Å². The molecule has 1 fully saturated rings. The summed E-state index contributed by atoms with van der Waals surface area (Å²) in [5.41, 5.74) is 2.90. The molecule has 1 aromatic rings. The van der Waals surface area contributed by atoms with Crippen LogP contribution < -0.4 is 5.32 Å². The Morgan fingerprint density at radius 2 is 1.94 bits per heavy atom. The molecule has 3 rings (SSSR count). The van der Waals surface area contributed by atoms with Crippen molar-refractivity contribution < 1.29 is 9.53 Å². The van der Waals surface area contributed by atoms with Crippen LogP contribution in [0.25, 0.3) is 5.57 Å². The van der Waals surface area contributed by atoms with Crippen LogP contribution in [0.15, 0.2) is 54.5 Å². The minimum Gasteiger partial charge on any atom is -0.497 e. The van der Waals surface area contributed by atoms with E-state index in [0.29, 0.717) is 0 Å². The van der Waals surface area contributed by atoms with Crippen molar-refractivity contribution in [1.29, 1.82) is 0 Å². The van der Waals surface area contributed by atoms with Crippen LogP contribution in [-0.2, 0) is 9.53 Å². The third kappa shape index (κ3) is 8.29. The van der Waals surface area contributed by atoms with Gasteiger partial charge in [0.25, 0.3) is 0 Å². The summed E-state index contributed by atoms with van der Waals surface area (Å²) in [6, 6.07) is 8.11. The van der Waals surface area contributed by atoms with Crippen LogP contribution in [0.2, 0.25) is 0 Å². The van der Waals surface area contributed by atoms with Gasteiger partial charge in [-0.2, -0.15) is 0 Å². The van der Waals surface area contributed by atoms with E-state index in [1.807, 2.05) is 18.3 Å². The van der Waals surface area contributed by atoms with Crippen LogP contribution >= 0.6 is 0 Å². The highest BCUT2D eigenvalue weighted by atomic mass is 16.5. The van der Waals surface area contributed by atoms with Crippen LogP contribution in [0.5, 0.6) is 0 Å². The van der Waals surface area contributed by atoms with E-state index in [1.54, 1.807) is 6.92 Å². The zero-order valence-electron chi connectivity index (χ0n) is 19.8. The minimum atomic E-state index is 0.0926. The number of rotatable bonds is 11. The van der Waals surface area contributed by atoms with Crippen LogP contribution in [0.4, 0.5) is 0 Å². The molecule has 1 saturated heterocycles. The lowest BCUT2D eigenvalue weighted by Crippen LogP contribution is -2.47. The number of piperazine rings is 1. The Balaban J connectivity index is 1.29. The molecule has 0 amide bonds. The largest absolute Gasteiger partial charge is 0.497 e. The topological polar surface area (TPSA) is 44.8 Å². The number of aryl methyl sites for hydroxylation is 1. The highest BCUT2D eigenvalue weighted by molar-refractivity contribution is 6.19.